The topological polar surface area (TPSA) is 48.9 Å². The van der Waals surface area contributed by atoms with Crippen molar-refractivity contribution in [2.75, 3.05) is 37.7 Å². The van der Waals surface area contributed by atoms with Gasteiger partial charge in [-0.15, -0.1) is 0 Å². The Morgan fingerprint density at radius 2 is 1.71 bits per heavy atom. The van der Waals surface area contributed by atoms with Crippen molar-refractivity contribution in [1.82, 2.24) is 14.9 Å². The highest BCUT2D eigenvalue weighted by molar-refractivity contribution is 5.81. The van der Waals surface area contributed by atoms with Crippen LogP contribution in [0.5, 0.6) is 0 Å². The van der Waals surface area contributed by atoms with Crippen molar-refractivity contribution < 1.29 is 9.63 Å². The molecule has 6 heteroatoms. The van der Waals surface area contributed by atoms with Gasteiger partial charge in [-0.1, -0.05) is 35.9 Å². The van der Waals surface area contributed by atoms with Gasteiger partial charge < -0.3 is 4.90 Å². The zero-order valence-electron chi connectivity index (χ0n) is 16.7. The molecule has 148 valence electrons. The third-order valence-electron chi connectivity index (χ3n) is 5.59. The number of hydrogen-bond acceptors (Lipinski definition) is 5. The summed E-state index contributed by atoms with van der Waals surface area (Å²) in [4.78, 5) is 27.8. The van der Waals surface area contributed by atoms with Crippen LogP contribution in [-0.4, -0.2) is 59.7 Å². The number of hydrogen-bond donors (Lipinski definition) is 0. The summed E-state index contributed by atoms with van der Waals surface area (Å²) in [5.74, 6) is 1.10. The van der Waals surface area contributed by atoms with Crippen LogP contribution in [0.25, 0.3) is 0 Å². The Morgan fingerprint density at radius 1 is 1.00 bits per heavy atom. The predicted octanol–water partition coefficient (Wildman–Crippen LogP) is 2.55. The number of anilines is 1. The monoisotopic (exact) mass is 380 g/mol. The van der Waals surface area contributed by atoms with E-state index in [1.807, 2.05) is 13.1 Å². The van der Waals surface area contributed by atoms with Crippen molar-refractivity contribution >= 4 is 11.7 Å². The third kappa shape index (κ3) is 4.18. The fraction of sp³-hybridized carbons (Fsp3) is 0.455. The SMILES string of the molecule is Cc1ccc(CN2OCCC(N3CCN(c4ccc(C)cn4)CC3)C2=O)cc1. The number of carbonyl (C=O) groups excluding carboxylic acids is 1. The fourth-order valence-electron chi connectivity index (χ4n) is 3.86. The van der Waals surface area contributed by atoms with Crippen LogP contribution < -0.4 is 4.90 Å². The number of rotatable bonds is 4. The van der Waals surface area contributed by atoms with Crippen molar-refractivity contribution in [3.05, 3.63) is 59.3 Å². The average molecular weight is 380 g/mol. The Morgan fingerprint density at radius 3 is 2.39 bits per heavy atom. The lowest BCUT2D eigenvalue weighted by Gasteiger charge is -2.42. The zero-order valence-corrected chi connectivity index (χ0v) is 16.7. The molecule has 1 amide bonds. The Balaban J connectivity index is 1.36. The van der Waals surface area contributed by atoms with E-state index in [2.05, 4.69) is 58.1 Å². The number of benzene rings is 1. The van der Waals surface area contributed by atoms with Gasteiger partial charge in [0.1, 0.15) is 5.82 Å². The minimum atomic E-state index is -0.0904. The van der Waals surface area contributed by atoms with E-state index in [1.165, 1.54) is 11.1 Å². The summed E-state index contributed by atoms with van der Waals surface area (Å²) in [6.45, 7) is 8.71. The normalized spacial score (nSPS) is 21.2. The van der Waals surface area contributed by atoms with Crippen LogP contribution in [0.4, 0.5) is 5.82 Å². The number of pyridine rings is 1. The van der Waals surface area contributed by atoms with Crippen LogP contribution in [0.2, 0.25) is 0 Å². The van der Waals surface area contributed by atoms with Gasteiger partial charge in [-0.3, -0.25) is 14.5 Å². The van der Waals surface area contributed by atoms with Crippen LogP contribution in [0.1, 0.15) is 23.1 Å². The predicted molar refractivity (Wildman–Crippen MR) is 109 cm³/mol. The van der Waals surface area contributed by atoms with E-state index in [-0.39, 0.29) is 11.9 Å². The van der Waals surface area contributed by atoms with E-state index in [9.17, 15) is 4.79 Å². The lowest BCUT2D eigenvalue weighted by molar-refractivity contribution is -0.211. The molecule has 0 saturated carbocycles. The fourth-order valence-corrected chi connectivity index (χ4v) is 3.86. The van der Waals surface area contributed by atoms with E-state index in [1.54, 1.807) is 5.06 Å². The Bertz CT molecular complexity index is 798. The quantitative estimate of drug-likeness (QED) is 0.816. The van der Waals surface area contributed by atoms with Crippen molar-refractivity contribution in [1.29, 1.82) is 0 Å². The van der Waals surface area contributed by atoms with Gasteiger partial charge in [-0.05, 0) is 37.5 Å². The van der Waals surface area contributed by atoms with Crippen LogP contribution >= 0.6 is 0 Å². The number of amides is 1. The molecule has 1 aromatic carbocycles. The maximum atomic E-state index is 13.0. The molecule has 4 rings (SSSR count). The van der Waals surface area contributed by atoms with Crippen molar-refractivity contribution in [2.24, 2.45) is 0 Å². The molecule has 0 radical (unpaired) electrons. The van der Waals surface area contributed by atoms with E-state index in [0.717, 1.165) is 44.0 Å². The largest absolute Gasteiger partial charge is 0.354 e. The van der Waals surface area contributed by atoms with Gasteiger partial charge in [0.15, 0.2) is 0 Å². The highest BCUT2D eigenvalue weighted by Gasteiger charge is 2.35. The summed E-state index contributed by atoms with van der Waals surface area (Å²) in [5, 5.41) is 1.55. The Hall–Kier alpha value is -2.44. The van der Waals surface area contributed by atoms with E-state index < -0.39 is 0 Å². The molecule has 0 aliphatic carbocycles. The summed E-state index contributed by atoms with van der Waals surface area (Å²) >= 11 is 0. The highest BCUT2D eigenvalue weighted by Crippen LogP contribution is 2.21. The molecule has 2 saturated heterocycles. The van der Waals surface area contributed by atoms with Crippen molar-refractivity contribution in [3.63, 3.8) is 0 Å². The highest BCUT2D eigenvalue weighted by atomic mass is 16.7. The minimum Gasteiger partial charge on any atom is -0.354 e. The first kappa shape index (κ1) is 18.9. The van der Waals surface area contributed by atoms with Crippen LogP contribution in [0.15, 0.2) is 42.6 Å². The first-order valence-electron chi connectivity index (χ1n) is 10.0. The Kier molecular flexibility index (Phi) is 5.59. The lowest BCUT2D eigenvalue weighted by atomic mass is 10.1. The van der Waals surface area contributed by atoms with Gasteiger partial charge in [0, 0.05) is 32.4 Å². The number of aromatic nitrogens is 1. The standard InChI is InChI=1S/C22H28N4O2/c1-17-3-6-19(7-4-17)16-26-22(27)20(9-14-28-26)24-10-12-25(13-11-24)21-8-5-18(2)15-23-21/h3-8,15,20H,9-14,16H2,1-2H3. The molecule has 2 aromatic rings. The number of carbonyl (C=O) groups is 1. The second-order valence-electron chi connectivity index (χ2n) is 7.71. The zero-order chi connectivity index (χ0) is 19.5. The summed E-state index contributed by atoms with van der Waals surface area (Å²) in [5.41, 5.74) is 3.48. The van der Waals surface area contributed by atoms with E-state index >= 15 is 0 Å². The molecule has 1 atom stereocenters. The van der Waals surface area contributed by atoms with Gasteiger partial charge in [0.05, 0.1) is 19.2 Å². The second kappa shape index (κ2) is 8.29. The second-order valence-corrected chi connectivity index (χ2v) is 7.71. The van der Waals surface area contributed by atoms with Gasteiger partial charge in [-0.25, -0.2) is 10.0 Å². The van der Waals surface area contributed by atoms with E-state index in [4.69, 9.17) is 4.84 Å². The first-order chi connectivity index (χ1) is 13.6. The summed E-state index contributed by atoms with van der Waals surface area (Å²) in [6, 6.07) is 12.3. The number of nitrogens with zero attached hydrogens (tertiary/aromatic N) is 4. The summed E-state index contributed by atoms with van der Waals surface area (Å²) in [7, 11) is 0. The van der Waals surface area contributed by atoms with Gasteiger partial charge in [0.2, 0.25) is 0 Å². The minimum absolute atomic E-state index is 0.0775. The molecule has 0 bridgehead atoms. The average Bonchev–Trinajstić information content (AvgIpc) is 2.72. The number of hydroxylamine groups is 2. The number of aryl methyl sites for hydroxylation is 2. The molecular weight excluding hydrogens is 352 g/mol. The molecular formula is C22H28N4O2. The van der Waals surface area contributed by atoms with Crippen LogP contribution in [-0.2, 0) is 16.2 Å². The molecule has 28 heavy (non-hydrogen) atoms. The number of piperazine rings is 1. The smallest absolute Gasteiger partial charge is 0.263 e. The molecule has 1 aromatic heterocycles. The van der Waals surface area contributed by atoms with Gasteiger partial charge in [-0.2, -0.15) is 0 Å². The third-order valence-corrected chi connectivity index (χ3v) is 5.59. The molecule has 0 N–H and O–H groups in total. The van der Waals surface area contributed by atoms with Gasteiger partial charge >= 0.3 is 0 Å². The maximum absolute atomic E-state index is 13.0. The molecule has 1 unspecified atom stereocenters. The maximum Gasteiger partial charge on any atom is 0.263 e. The van der Waals surface area contributed by atoms with Crippen molar-refractivity contribution in [2.45, 2.75) is 32.9 Å². The molecule has 6 nitrogen and oxygen atoms in total. The summed E-state index contributed by atoms with van der Waals surface area (Å²) < 4.78 is 0. The molecule has 0 spiro atoms. The van der Waals surface area contributed by atoms with Crippen LogP contribution in [0.3, 0.4) is 0 Å². The van der Waals surface area contributed by atoms with Gasteiger partial charge in [0.25, 0.3) is 5.91 Å². The summed E-state index contributed by atoms with van der Waals surface area (Å²) in [6.07, 6.45) is 2.67. The molecule has 2 aliphatic rings. The molecule has 3 heterocycles. The van der Waals surface area contributed by atoms with Crippen LogP contribution in [0, 0.1) is 13.8 Å². The molecule has 2 aliphatic heterocycles. The lowest BCUT2D eigenvalue weighted by Crippen LogP contribution is -2.58. The van der Waals surface area contributed by atoms with Crippen molar-refractivity contribution in [3.8, 4) is 0 Å². The first-order valence-corrected chi connectivity index (χ1v) is 10.0. The molecule has 2 fully saturated rings. The Labute approximate surface area is 166 Å². The van der Waals surface area contributed by atoms with E-state index in [0.29, 0.717) is 13.2 Å².